The molecule has 0 amide bonds. The Hall–Kier alpha value is -2.85. The Kier molecular flexibility index (Phi) is 5.71. The standard InChI is InChI=1S/C17H16ClN5O4S/c1-10(18)7-8-22-13-14(21(2)16(25)20-15(13)24)19-17(22)28-9-11-3-5-12(6-4-11)23(26)27/h3-7H,8-9H2,1-2H3,(H,20,24,25)/b10-7-. The number of halogens is 1. The summed E-state index contributed by atoms with van der Waals surface area (Å²) in [6.07, 6.45) is 1.74. The average molecular weight is 422 g/mol. The van der Waals surface area contributed by atoms with E-state index in [-0.39, 0.29) is 16.9 Å². The molecule has 0 aliphatic carbocycles. The number of non-ortho nitro benzene ring substituents is 1. The lowest BCUT2D eigenvalue weighted by atomic mass is 10.2. The maximum absolute atomic E-state index is 12.3. The number of allylic oxidation sites excluding steroid dienone is 2. The van der Waals surface area contributed by atoms with Gasteiger partial charge in [0.1, 0.15) is 0 Å². The predicted octanol–water partition coefficient (Wildman–Crippen LogP) is 2.77. The summed E-state index contributed by atoms with van der Waals surface area (Å²) in [5, 5.41) is 11.9. The SMILES string of the molecule is C/C(Cl)=C/Cn1c(SCc2ccc([N+](=O)[O-])cc2)nc2c1c(=O)[nH]c(=O)n2C. The van der Waals surface area contributed by atoms with E-state index >= 15 is 0 Å². The topological polar surface area (TPSA) is 116 Å². The molecule has 9 nitrogen and oxygen atoms in total. The Balaban J connectivity index is 2.00. The van der Waals surface area contributed by atoms with E-state index in [0.717, 1.165) is 5.56 Å². The first-order valence-electron chi connectivity index (χ1n) is 8.16. The van der Waals surface area contributed by atoms with Crippen LogP contribution in [0, 0.1) is 10.1 Å². The monoisotopic (exact) mass is 421 g/mol. The molecule has 0 bridgehead atoms. The lowest BCUT2D eigenvalue weighted by molar-refractivity contribution is -0.384. The first-order chi connectivity index (χ1) is 13.3. The van der Waals surface area contributed by atoms with Gasteiger partial charge in [-0.05, 0) is 12.5 Å². The van der Waals surface area contributed by atoms with Crippen LogP contribution in [0.25, 0.3) is 11.2 Å². The average Bonchev–Trinajstić information content (AvgIpc) is 3.02. The number of aryl methyl sites for hydroxylation is 1. The summed E-state index contributed by atoms with van der Waals surface area (Å²) in [4.78, 5) is 41.3. The molecule has 0 unspecified atom stereocenters. The minimum Gasteiger partial charge on any atom is -0.309 e. The number of benzene rings is 1. The summed E-state index contributed by atoms with van der Waals surface area (Å²) in [5.41, 5.74) is 0.376. The van der Waals surface area contributed by atoms with Crippen molar-refractivity contribution in [2.45, 2.75) is 24.4 Å². The summed E-state index contributed by atoms with van der Waals surface area (Å²) < 4.78 is 2.97. The number of nitrogens with one attached hydrogen (secondary N) is 1. The molecule has 0 atom stereocenters. The minimum atomic E-state index is -0.543. The second kappa shape index (κ2) is 8.03. The fourth-order valence-electron chi connectivity index (χ4n) is 2.57. The van der Waals surface area contributed by atoms with E-state index in [4.69, 9.17) is 11.6 Å². The van der Waals surface area contributed by atoms with E-state index in [1.165, 1.54) is 35.5 Å². The summed E-state index contributed by atoms with van der Waals surface area (Å²) in [6.45, 7) is 2.04. The van der Waals surface area contributed by atoms with Crippen LogP contribution in [-0.2, 0) is 19.3 Å². The number of nitro groups is 1. The van der Waals surface area contributed by atoms with Gasteiger partial charge in [0, 0.05) is 36.5 Å². The number of aromatic amines is 1. The zero-order valence-electron chi connectivity index (χ0n) is 15.0. The third-order valence-corrected chi connectivity index (χ3v) is 5.24. The highest BCUT2D eigenvalue weighted by Crippen LogP contribution is 2.26. The highest BCUT2D eigenvalue weighted by molar-refractivity contribution is 7.98. The Morgan fingerprint density at radius 1 is 1.36 bits per heavy atom. The van der Waals surface area contributed by atoms with Crippen LogP contribution in [0.2, 0.25) is 0 Å². The van der Waals surface area contributed by atoms with Gasteiger partial charge in [-0.2, -0.15) is 0 Å². The summed E-state index contributed by atoms with van der Waals surface area (Å²) in [5.74, 6) is 0.483. The molecule has 2 heterocycles. The van der Waals surface area contributed by atoms with E-state index in [0.29, 0.717) is 22.5 Å². The van der Waals surface area contributed by atoms with Gasteiger partial charge in [-0.1, -0.05) is 41.6 Å². The van der Waals surface area contributed by atoms with Crippen molar-refractivity contribution in [1.82, 2.24) is 19.1 Å². The van der Waals surface area contributed by atoms with Gasteiger partial charge in [-0.3, -0.25) is 24.5 Å². The summed E-state index contributed by atoms with van der Waals surface area (Å²) >= 11 is 7.29. The molecule has 0 saturated heterocycles. The van der Waals surface area contributed by atoms with Crippen molar-refractivity contribution in [1.29, 1.82) is 0 Å². The molecule has 0 saturated carbocycles. The molecule has 11 heteroatoms. The second-order valence-electron chi connectivity index (χ2n) is 6.00. The van der Waals surface area contributed by atoms with Gasteiger partial charge < -0.3 is 4.57 Å². The van der Waals surface area contributed by atoms with Crippen molar-refractivity contribution in [2.75, 3.05) is 0 Å². The molecule has 3 aromatic rings. The zero-order valence-corrected chi connectivity index (χ0v) is 16.6. The van der Waals surface area contributed by atoms with Gasteiger partial charge in [0.05, 0.1) is 4.92 Å². The zero-order chi connectivity index (χ0) is 20.4. The van der Waals surface area contributed by atoms with Crippen molar-refractivity contribution in [3.05, 3.63) is 71.9 Å². The van der Waals surface area contributed by atoms with Crippen molar-refractivity contribution in [3.63, 3.8) is 0 Å². The van der Waals surface area contributed by atoms with E-state index in [1.54, 1.807) is 29.7 Å². The van der Waals surface area contributed by atoms with Gasteiger partial charge in [-0.15, -0.1) is 0 Å². The van der Waals surface area contributed by atoms with Crippen molar-refractivity contribution < 1.29 is 4.92 Å². The number of nitrogens with zero attached hydrogens (tertiary/aromatic N) is 4. The van der Waals surface area contributed by atoms with Crippen molar-refractivity contribution in [3.8, 4) is 0 Å². The van der Waals surface area contributed by atoms with Crippen LogP contribution in [0.4, 0.5) is 5.69 Å². The molecule has 2 aromatic heterocycles. The highest BCUT2D eigenvalue weighted by atomic mass is 35.5. The van der Waals surface area contributed by atoms with Crippen molar-refractivity contribution >= 4 is 40.2 Å². The molecular weight excluding hydrogens is 406 g/mol. The number of hydrogen-bond donors (Lipinski definition) is 1. The molecule has 0 radical (unpaired) electrons. The predicted molar refractivity (Wildman–Crippen MR) is 108 cm³/mol. The number of nitro benzene ring substituents is 1. The Morgan fingerprint density at radius 3 is 2.64 bits per heavy atom. The van der Waals surface area contributed by atoms with Crippen LogP contribution in [0.5, 0.6) is 0 Å². The lowest BCUT2D eigenvalue weighted by Crippen LogP contribution is -2.29. The van der Waals surface area contributed by atoms with Gasteiger partial charge >= 0.3 is 5.69 Å². The molecule has 1 aromatic carbocycles. The molecule has 0 spiro atoms. The summed E-state index contributed by atoms with van der Waals surface area (Å²) in [6, 6.07) is 6.22. The van der Waals surface area contributed by atoms with E-state index in [9.17, 15) is 19.7 Å². The molecule has 0 fully saturated rings. The number of imidazole rings is 1. The van der Waals surface area contributed by atoms with Crippen LogP contribution in [0.15, 0.2) is 50.1 Å². The smallest absolute Gasteiger partial charge is 0.309 e. The lowest BCUT2D eigenvalue weighted by Gasteiger charge is -2.06. The maximum Gasteiger partial charge on any atom is 0.329 e. The number of hydrogen-bond acceptors (Lipinski definition) is 6. The Labute approximate surface area is 167 Å². The second-order valence-corrected chi connectivity index (χ2v) is 7.54. The van der Waals surface area contributed by atoms with Crippen LogP contribution >= 0.6 is 23.4 Å². The van der Waals surface area contributed by atoms with Gasteiger partial charge in [0.2, 0.25) is 0 Å². The number of fused-ring (bicyclic) bond motifs is 1. The largest absolute Gasteiger partial charge is 0.329 e. The molecular formula is C17H16ClN5O4S. The van der Waals surface area contributed by atoms with Crippen LogP contribution < -0.4 is 11.2 Å². The fraction of sp³-hybridized carbons (Fsp3) is 0.235. The number of H-pyrrole nitrogens is 1. The quantitative estimate of drug-likeness (QED) is 0.371. The number of aromatic nitrogens is 4. The Bertz CT molecular complexity index is 1190. The number of thioether (sulfide) groups is 1. The van der Waals surface area contributed by atoms with Crippen molar-refractivity contribution in [2.24, 2.45) is 7.05 Å². The van der Waals surface area contributed by atoms with E-state index < -0.39 is 16.2 Å². The van der Waals surface area contributed by atoms with E-state index in [1.807, 2.05) is 0 Å². The first-order valence-corrected chi connectivity index (χ1v) is 9.52. The van der Waals surface area contributed by atoms with Gasteiger partial charge in [0.25, 0.3) is 11.2 Å². The molecule has 28 heavy (non-hydrogen) atoms. The number of rotatable bonds is 6. The van der Waals surface area contributed by atoms with Crippen LogP contribution in [0.1, 0.15) is 12.5 Å². The Morgan fingerprint density at radius 2 is 2.04 bits per heavy atom. The third kappa shape index (κ3) is 4.02. The fourth-order valence-corrected chi connectivity index (χ4v) is 3.60. The summed E-state index contributed by atoms with van der Waals surface area (Å²) in [7, 11) is 1.53. The van der Waals surface area contributed by atoms with E-state index in [2.05, 4.69) is 9.97 Å². The molecule has 0 aliphatic rings. The van der Waals surface area contributed by atoms with Crippen LogP contribution in [0.3, 0.4) is 0 Å². The van der Waals surface area contributed by atoms with Gasteiger partial charge in [-0.25, -0.2) is 9.78 Å². The molecule has 0 aliphatic heterocycles. The molecule has 146 valence electrons. The maximum atomic E-state index is 12.3. The first kappa shape index (κ1) is 19.9. The van der Waals surface area contributed by atoms with Gasteiger partial charge in [0.15, 0.2) is 16.3 Å². The highest BCUT2D eigenvalue weighted by Gasteiger charge is 2.17. The normalized spacial score (nSPS) is 11.9. The third-order valence-electron chi connectivity index (χ3n) is 4.04. The molecule has 3 rings (SSSR count). The van der Waals surface area contributed by atoms with Crippen LogP contribution in [-0.4, -0.2) is 24.0 Å². The molecule has 1 N–H and O–H groups in total. The minimum absolute atomic E-state index is 0.0187.